The van der Waals surface area contributed by atoms with E-state index in [1.165, 1.54) is 16.9 Å². The number of anilines is 1. The lowest BCUT2D eigenvalue weighted by Gasteiger charge is -2.29. The summed E-state index contributed by atoms with van der Waals surface area (Å²) >= 11 is 0. The van der Waals surface area contributed by atoms with Crippen LogP contribution in [0.15, 0.2) is 24.3 Å². The van der Waals surface area contributed by atoms with Crippen LogP contribution >= 0.6 is 0 Å². The predicted octanol–water partition coefficient (Wildman–Crippen LogP) is 1.66. The van der Waals surface area contributed by atoms with E-state index < -0.39 is 0 Å². The number of hydrogen-bond donors (Lipinski definition) is 1. The summed E-state index contributed by atoms with van der Waals surface area (Å²) in [6.07, 6.45) is 1.19. The van der Waals surface area contributed by atoms with Crippen molar-refractivity contribution >= 4 is 5.82 Å². The lowest BCUT2D eigenvalue weighted by atomic mass is 10.1. The average Bonchev–Trinajstić information content (AvgIpc) is 3.16. The van der Waals surface area contributed by atoms with Gasteiger partial charge in [-0.15, -0.1) is 0 Å². The second-order valence-corrected chi connectivity index (χ2v) is 6.79. The van der Waals surface area contributed by atoms with Crippen molar-refractivity contribution in [2.45, 2.75) is 26.0 Å². The third-order valence-corrected chi connectivity index (χ3v) is 5.01. The van der Waals surface area contributed by atoms with Crippen LogP contribution < -0.4 is 15.0 Å². The van der Waals surface area contributed by atoms with E-state index in [9.17, 15) is 0 Å². The van der Waals surface area contributed by atoms with Crippen LogP contribution in [0.5, 0.6) is 5.75 Å². The van der Waals surface area contributed by atoms with Crippen LogP contribution in [0.2, 0.25) is 0 Å². The quantitative estimate of drug-likeness (QED) is 0.896. The van der Waals surface area contributed by atoms with Crippen molar-refractivity contribution in [3.63, 3.8) is 0 Å². The van der Waals surface area contributed by atoms with Crippen LogP contribution in [0.25, 0.3) is 0 Å². The van der Waals surface area contributed by atoms with Crippen LogP contribution in [-0.4, -0.2) is 48.7 Å². The third-order valence-electron chi connectivity index (χ3n) is 5.01. The van der Waals surface area contributed by atoms with Gasteiger partial charge in [0.15, 0.2) is 0 Å². The molecule has 0 saturated carbocycles. The molecule has 0 unspecified atom stereocenters. The Bertz CT molecular complexity index is 712. The van der Waals surface area contributed by atoms with E-state index in [1.807, 2.05) is 17.8 Å². The maximum Gasteiger partial charge on any atom is 0.131 e. The van der Waals surface area contributed by atoms with E-state index in [1.54, 1.807) is 0 Å². The summed E-state index contributed by atoms with van der Waals surface area (Å²) in [4.78, 5) is 2.38. The first-order valence-corrected chi connectivity index (χ1v) is 9.03. The largest absolute Gasteiger partial charge is 0.488 e. The highest BCUT2D eigenvalue weighted by Gasteiger charge is 2.24. The summed E-state index contributed by atoms with van der Waals surface area (Å²) in [5.41, 5.74) is 3.67. The number of ether oxygens (including phenoxy) is 2. The zero-order chi connectivity index (χ0) is 17.2. The van der Waals surface area contributed by atoms with Gasteiger partial charge in [-0.1, -0.05) is 18.2 Å². The Kier molecular flexibility index (Phi) is 4.63. The van der Waals surface area contributed by atoms with Crippen molar-refractivity contribution in [1.29, 1.82) is 0 Å². The van der Waals surface area contributed by atoms with Crippen molar-refractivity contribution in [3.05, 3.63) is 41.1 Å². The molecule has 2 aliphatic heterocycles. The van der Waals surface area contributed by atoms with E-state index in [2.05, 4.69) is 40.4 Å². The number of aryl methyl sites for hydroxylation is 2. The van der Waals surface area contributed by atoms with Gasteiger partial charge in [0.1, 0.15) is 17.7 Å². The number of morpholine rings is 1. The van der Waals surface area contributed by atoms with Crippen molar-refractivity contribution in [2.75, 3.05) is 37.7 Å². The smallest absolute Gasteiger partial charge is 0.131 e. The minimum atomic E-state index is 0.209. The van der Waals surface area contributed by atoms with Crippen molar-refractivity contribution in [2.24, 2.45) is 7.05 Å². The molecule has 0 spiro atoms. The van der Waals surface area contributed by atoms with Crippen LogP contribution in [0.4, 0.5) is 5.82 Å². The Labute approximate surface area is 148 Å². The van der Waals surface area contributed by atoms with Gasteiger partial charge in [-0.25, -0.2) is 0 Å². The lowest BCUT2D eigenvalue weighted by Crippen LogP contribution is -2.38. The molecule has 6 nitrogen and oxygen atoms in total. The molecule has 1 saturated heterocycles. The summed E-state index contributed by atoms with van der Waals surface area (Å²) in [6, 6.07) is 8.31. The van der Waals surface area contributed by atoms with Crippen molar-refractivity contribution < 1.29 is 9.47 Å². The molecule has 3 heterocycles. The SMILES string of the molecule is Cc1nn(C)c(N2CCOCC2)c1CNC[C@H]1Cc2ccccc2O1. The van der Waals surface area contributed by atoms with E-state index in [-0.39, 0.29) is 6.10 Å². The van der Waals surface area contributed by atoms with Crippen LogP contribution in [0, 0.1) is 6.92 Å². The average molecular weight is 342 g/mol. The Morgan fingerprint density at radius 2 is 2.04 bits per heavy atom. The number of hydrogen-bond acceptors (Lipinski definition) is 5. The van der Waals surface area contributed by atoms with Crippen molar-refractivity contribution in [1.82, 2.24) is 15.1 Å². The van der Waals surface area contributed by atoms with Gasteiger partial charge in [-0.3, -0.25) is 4.68 Å². The zero-order valence-electron chi connectivity index (χ0n) is 15.0. The van der Waals surface area contributed by atoms with Crippen LogP contribution in [0.3, 0.4) is 0 Å². The molecule has 2 aliphatic rings. The van der Waals surface area contributed by atoms with E-state index in [0.717, 1.165) is 57.3 Å². The fourth-order valence-corrected chi connectivity index (χ4v) is 3.79. The van der Waals surface area contributed by atoms with Gasteiger partial charge in [-0.2, -0.15) is 5.10 Å². The summed E-state index contributed by atoms with van der Waals surface area (Å²) in [5, 5.41) is 8.21. The second kappa shape index (κ2) is 7.06. The van der Waals surface area contributed by atoms with E-state index in [4.69, 9.17) is 9.47 Å². The molecule has 134 valence electrons. The Hall–Kier alpha value is -2.05. The maximum absolute atomic E-state index is 6.02. The number of nitrogens with one attached hydrogen (secondary N) is 1. The summed E-state index contributed by atoms with van der Waals surface area (Å²) < 4.78 is 13.5. The first kappa shape index (κ1) is 16.4. The molecule has 25 heavy (non-hydrogen) atoms. The normalized spacial score (nSPS) is 19.8. The summed E-state index contributed by atoms with van der Waals surface area (Å²) in [6.45, 7) is 7.15. The highest BCUT2D eigenvalue weighted by atomic mass is 16.5. The molecular formula is C19H26N4O2. The Morgan fingerprint density at radius 3 is 2.84 bits per heavy atom. The standard InChI is InChI=1S/C19H26N4O2/c1-14-17(19(22(2)21-14)23-7-9-24-10-8-23)13-20-12-16-11-15-5-3-4-6-18(15)25-16/h3-6,16,20H,7-13H2,1-2H3/t16-/m1/s1. The molecule has 1 fully saturated rings. The minimum absolute atomic E-state index is 0.209. The van der Waals surface area contributed by atoms with Gasteiger partial charge in [0.25, 0.3) is 0 Å². The monoisotopic (exact) mass is 342 g/mol. The van der Waals surface area contributed by atoms with Gasteiger partial charge in [0.05, 0.1) is 18.9 Å². The van der Waals surface area contributed by atoms with E-state index >= 15 is 0 Å². The van der Waals surface area contributed by atoms with Crippen molar-refractivity contribution in [3.8, 4) is 5.75 Å². The van der Waals surface area contributed by atoms with Gasteiger partial charge in [0.2, 0.25) is 0 Å². The van der Waals surface area contributed by atoms with Gasteiger partial charge in [0, 0.05) is 45.2 Å². The topological polar surface area (TPSA) is 51.5 Å². The highest BCUT2D eigenvalue weighted by Crippen LogP contribution is 2.28. The molecular weight excluding hydrogens is 316 g/mol. The minimum Gasteiger partial charge on any atom is -0.488 e. The number of benzene rings is 1. The molecule has 0 radical (unpaired) electrons. The molecule has 0 bridgehead atoms. The molecule has 6 heteroatoms. The maximum atomic E-state index is 6.02. The molecule has 0 aliphatic carbocycles. The Balaban J connectivity index is 1.38. The second-order valence-electron chi connectivity index (χ2n) is 6.79. The number of fused-ring (bicyclic) bond motifs is 1. The number of rotatable bonds is 5. The summed E-state index contributed by atoms with van der Waals surface area (Å²) in [7, 11) is 2.03. The molecule has 1 aromatic carbocycles. The molecule has 2 aromatic rings. The Morgan fingerprint density at radius 1 is 1.24 bits per heavy atom. The first-order valence-electron chi connectivity index (χ1n) is 9.03. The number of aromatic nitrogens is 2. The fourth-order valence-electron chi connectivity index (χ4n) is 3.79. The molecule has 1 aromatic heterocycles. The molecule has 4 rings (SSSR count). The molecule has 1 atom stereocenters. The highest BCUT2D eigenvalue weighted by molar-refractivity contribution is 5.50. The van der Waals surface area contributed by atoms with Crippen LogP contribution in [0.1, 0.15) is 16.8 Å². The van der Waals surface area contributed by atoms with Crippen LogP contribution in [-0.2, 0) is 24.8 Å². The number of nitrogens with zero attached hydrogens (tertiary/aromatic N) is 3. The number of para-hydroxylation sites is 1. The zero-order valence-corrected chi connectivity index (χ0v) is 15.0. The first-order chi connectivity index (χ1) is 12.2. The fraction of sp³-hybridized carbons (Fsp3) is 0.526. The predicted molar refractivity (Wildman–Crippen MR) is 97.2 cm³/mol. The van der Waals surface area contributed by atoms with E-state index in [0.29, 0.717) is 0 Å². The summed E-state index contributed by atoms with van der Waals surface area (Å²) in [5.74, 6) is 2.24. The van der Waals surface area contributed by atoms with Gasteiger partial charge >= 0.3 is 0 Å². The van der Waals surface area contributed by atoms with Gasteiger partial charge < -0.3 is 19.7 Å². The molecule has 1 N–H and O–H groups in total. The third kappa shape index (κ3) is 3.37. The molecule has 0 amide bonds. The lowest BCUT2D eigenvalue weighted by molar-refractivity contribution is 0.122. The van der Waals surface area contributed by atoms with Gasteiger partial charge in [-0.05, 0) is 18.6 Å².